The molecule has 0 aliphatic carbocycles. The van der Waals surface area contributed by atoms with Crippen molar-refractivity contribution in [2.75, 3.05) is 0 Å². The second-order valence-corrected chi connectivity index (χ2v) is 8.75. The van der Waals surface area contributed by atoms with Gasteiger partial charge in [-0.3, -0.25) is 4.79 Å². The van der Waals surface area contributed by atoms with Crippen molar-refractivity contribution in [1.82, 2.24) is 5.32 Å². The Hall–Kier alpha value is -2.54. The highest BCUT2D eigenvalue weighted by Gasteiger charge is 2.23. The molecule has 0 spiro atoms. The van der Waals surface area contributed by atoms with E-state index in [4.69, 9.17) is 16.3 Å². The Morgan fingerprint density at radius 1 is 1.07 bits per heavy atom. The number of hydrogen-bond donors (Lipinski definition) is 1. The van der Waals surface area contributed by atoms with Crippen molar-refractivity contribution >= 4 is 62.1 Å². The average Bonchev–Trinajstić information content (AvgIpc) is 3.07. The molecule has 7 heteroatoms. The highest BCUT2D eigenvalue weighted by Crippen LogP contribution is 2.31. The molecule has 150 valence electrons. The molecule has 1 fully saturated rings. The molecule has 1 N–H and O–H groups in total. The fourth-order valence-electron chi connectivity index (χ4n) is 2.75. The third kappa shape index (κ3) is 5.33. The number of aliphatic imine (C=N–C) groups is 1. The lowest BCUT2D eigenvalue weighted by atomic mass is 10.2. The van der Waals surface area contributed by atoms with Crippen LogP contribution in [0, 0.1) is 0 Å². The van der Waals surface area contributed by atoms with Crippen LogP contribution < -0.4 is 10.1 Å². The molecule has 0 bridgehead atoms. The number of nitrogens with one attached hydrogen (secondary N) is 1. The number of benzene rings is 3. The molecule has 0 atom stereocenters. The van der Waals surface area contributed by atoms with E-state index >= 15 is 0 Å². The van der Waals surface area contributed by atoms with Gasteiger partial charge in [0.25, 0.3) is 5.91 Å². The predicted octanol–water partition coefficient (Wildman–Crippen LogP) is 6.57. The number of carbonyl (C=O) groups excluding carboxylic acids is 1. The first kappa shape index (κ1) is 20.7. The summed E-state index contributed by atoms with van der Waals surface area (Å²) in [4.78, 5) is 17.3. The topological polar surface area (TPSA) is 50.7 Å². The molecule has 0 unspecified atom stereocenters. The molecule has 1 saturated heterocycles. The maximum absolute atomic E-state index is 12.3. The van der Waals surface area contributed by atoms with Crippen LogP contribution >= 0.6 is 39.3 Å². The second-order valence-electron chi connectivity index (χ2n) is 6.43. The lowest BCUT2D eigenvalue weighted by Gasteiger charge is -2.09. The Labute approximate surface area is 192 Å². The van der Waals surface area contributed by atoms with Gasteiger partial charge >= 0.3 is 0 Å². The van der Waals surface area contributed by atoms with E-state index in [-0.39, 0.29) is 5.91 Å². The van der Waals surface area contributed by atoms with Crippen molar-refractivity contribution in [3.05, 3.63) is 98.3 Å². The molecule has 1 heterocycles. The van der Waals surface area contributed by atoms with Crippen LogP contribution in [0.15, 0.2) is 87.2 Å². The maximum atomic E-state index is 12.3. The monoisotopic (exact) mass is 498 g/mol. The number of amidine groups is 1. The van der Waals surface area contributed by atoms with Crippen LogP contribution in [0.2, 0.25) is 5.02 Å². The van der Waals surface area contributed by atoms with Crippen LogP contribution in [0.5, 0.6) is 5.75 Å². The van der Waals surface area contributed by atoms with Crippen molar-refractivity contribution in [1.29, 1.82) is 0 Å². The number of halogens is 2. The molecule has 0 saturated carbocycles. The highest BCUT2D eigenvalue weighted by atomic mass is 79.9. The van der Waals surface area contributed by atoms with Gasteiger partial charge in [-0.2, -0.15) is 0 Å². The van der Waals surface area contributed by atoms with Crippen molar-refractivity contribution < 1.29 is 9.53 Å². The summed E-state index contributed by atoms with van der Waals surface area (Å²) in [6, 6.07) is 22.9. The summed E-state index contributed by atoms with van der Waals surface area (Å²) in [5.74, 6) is 0.564. The first-order valence-electron chi connectivity index (χ1n) is 9.08. The number of carbonyl (C=O) groups is 1. The Balaban J connectivity index is 1.46. The Kier molecular flexibility index (Phi) is 6.57. The second kappa shape index (κ2) is 9.51. The molecule has 0 radical (unpaired) electrons. The minimum Gasteiger partial charge on any atom is -0.488 e. The summed E-state index contributed by atoms with van der Waals surface area (Å²) in [6.45, 7) is 0.488. The number of amides is 1. The third-order valence-corrected chi connectivity index (χ3v) is 5.95. The van der Waals surface area contributed by atoms with Crippen molar-refractivity contribution in [2.24, 2.45) is 4.99 Å². The smallest absolute Gasteiger partial charge is 0.264 e. The van der Waals surface area contributed by atoms with Gasteiger partial charge in [-0.1, -0.05) is 54.1 Å². The third-order valence-electron chi connectivity index (χ3n) is 4.18. The molecule has 3 aromatic carbocycles. The maximum Gasteiger partial charge on any atom is 0.264 e. The highest BCUT2D eigenvalue weighted by molar-refractivity contribution is 9.10. The fraction of sp³-hybridized carbons (Fsp3) is 0.0435. The molecule has 1 amide bonds. The minimum atomic E-state index is -0.179. The number of hydrogen-bond acceptors (Lipinski definition) is 4. The number of thioether (sulfide) groups is 1. The standard InChI is InChI=1S/C23H16BrClN2O2S/c24-19-11-16(9-10-20(19)29-14-15-5-2-1-3-6-15)12-21-22(28)27-23(30-21)26-18-8-4-7-17(25)13-18/h1-13H,14H2,(H,26,27,28)/b21-12+. The zero-order chi connectivity index (χ0) is 20.9. The molecular weight excluding hydrogens is 484 g/mol. The van der Waals surface area contributed by atoms with Gasteiger partial charge in [0.2, 0.25) is 0 Å². The Morgan fingerprint density at radius 2 is 1.90 bits per heavy atom. The van der Waals surface area contributed by atoms with Gasteiger partial charge in [0, 0.05) is 5.02 Å². The van der Waals surface area contributed by atoms with Crippen LogP contribution in [0.3, 0.4) is 0 Å². The molecule has 1 aliphatic rings. The zero-order valence-electron chi connectivity index (χ0n) is 15.6. The van der Waals surface area contributed by atoms with E-state index in [1.165, 1.54) is 11.8 Å². The molecular formula is C23H16BrClN2O2S. The van der Waals surface area contributed by atoms with Crippen molar-refractivity contribution in [2.45, 2.75) is 6.61 Å². The molecule has 0 aromatic heterocycles. The first-order chi connectivity index (χ1) is 14.6. The van der Waals surface area contributed by atoms with Crippen molar-refractivity contribution in [3.8, 4) is 5.75 Å². The van der Waals surface area contributed by atoms with E-state index in [1.807, 2.05) is 66.7 Å². The van der Waals surface area contributed by atoms with E-state index < -0.39 is 0 Å². The predicted molar refractivity (Wildman–Crippen MR) is 127 cm³/mol. The van der Waals surface area contributed by atoms with Crippen LogP contribution in [0.25, 0.3) is 6.08 Å². The van der Waals surface area contributed by atoms with Gasteiger partial charge in [-0.25, -0.2) is 4.99 Å². The van der Waals surface area contributed by atoms with Crippen molar-refractivity contribution in [3.63, 3.8) is 0 Å². The normalized spacial score (nSPS) is 16.1. The van der Waals surface area contributed by atoms with Gasteiger partial charge in [-0.15, -0.1) is 0 Å². The lowest BCUT2D eigenvalue weighted by Crippen LogP contribution is -2.19. The van der Waals surface area contributed by atoms with Gasteiger partial charge in [-0.05, 0) is 75.2 Å². The molecule has 30 heavy (non-hydrogen) atoms. The molecule has 3 aromatic rings. The fourth-order valence-corrected chi connectivity index (χ4v) is 4.29. The molecule has 4 rings (SSSR count). The zero-order valence-corrected chi connectivity index (χ0v) is 18.8. The lowest BCUT2D eigenvalue weighted by molar-refractivity contribution is -0.115. The summed E-state index contributed by atoms with van der Waals surface area (Å²) >= 11 is 10.8. The number of rotatable bonds is 5. The summed E-state index contributed by atoms with van der Waals surface area (Å²) in [5, 5.41) is 3.90. The molecule has 1 aliphatic heterocycles. The number of nitrogens with zero attached hydrogens (tertiary/aromatic N) is 1. The van der Waals surface area contributed by atoms with Crippen LogP contribution in [-0.2, 0) is 11.4 Å². The summed E-state index contributed by atoms with van der Waals surface area (Å²) in [5.41, 5.74) is 2.67. The average molecular weight is 500 g/mol. The Morgan fingerprint density at radius 3 is 2.67 bits per heavy atom. The van der Waals surface area contributed by atoms with Gasteiger partial charge in [0.1, 0.15) is 12.4 Å². The minimum absolute atomic E-state index is 0.179. The van der Waals surface area contributed by atoms with E-state index in [9.17, 15) is 4.79 Å². The summed E-state index contributed by atoms with van der Waals surface area (Å²) in [7, 11) is 0. The SMILES string of the molecule is O=C1NC(=Nc2cccc(Cl)c2)S/C1=C/c1ccc(OCc2ccccc2)c(Br)c1. The van der Waals surface area contributed by atoms with Crippen LogP contribution in [0.1, 0.15) is 11.1 Å². The summed E-state index contributed by atoms with van der Waals surface area (Å²) in [6.07, 6.45) is 1.83. The van der Waals surface area contributed by atoms with E-state index in [0.717, 1.165) is 21.3 Å². The molecule has 4 nitrogen and oxygen atoms in total. The van der Waals surface area contributed by atoms with E-state index in [0.29, 0.717) is 27.4 Å². The Bertz CT molecular complexity index is 1150. The first-order valence-corrected chi connectivity index (χ1v) is 11.1. The van der Waals surface area contributed by atoms with E-state index in [2.05, 4.69) is 26.2 Å². The summed E-state index contributed by atoms with van der Waals surface area (Å²) < 4.78 is 6.70. The largest absolute Gasteiger partial charge is 0.488 e. The van der Waals surface area contributed by atoms with E-state index in [1.54, 1.807) is 12.1 Å². The number of ether oxygens (including phenoxy) is 1. The van der Waals surface area contributed by atoms with Gasteiger partial charge in [0.05, 0.1) is 15.1 Å². The van der Waals surface area contributed by atoms with Crippen LogP contribution in [-0.4, -0.2) is 11.1 Å². The van der Waals surface area contributed by atoms with Gasteiger partial charge < -0.3 is 10.1 Å². The quantitative estimate of drug-likeness (QED) is 0.404. The van der Waals surface area contributed by atoms with Gasteiger partial charge in [0.15, 0.2) is 5.17 Å². The van der Waals surface area contributed by atoms with Crippen LogP contribution in [0.4, 0.5) is 5.69 Å².